The van der Waals surface area contributed by atoms with Crippen LogP contribution in [0.2, 0.25) is 0 Å². The Morgan fingerprint density at radius 1 is 1.54 bits per heavy atom. The second-order valence-electron chi connectivity index (χ2n) is 3.05. The average molecular weight is 204 g/mol. The largest absolute Gasteiger partial charge is 0.354 e. The van der Waals surface area contributed by atoms with Gasteiger partial charge in [-0.25, -0.2) is 0 Å². The van der Waals surface area contributed by atoms with Crippen LogP contribution >= 0.6 is 11.8 Å². The molecular formula is C9H20N2OS. The van der Waals surface area contributed by atoms with E-state index in [0.29, 0.717) is 18.3 Å². The Labute approximate surface area is 85.0 Å². The Balaban J connectivity index is 3.30. The van der Waals surface area contributed by atoms with Gasteiger partial charge in [0, 0.05) is 12.6 Å². The highest BCUT2D eigenvalue weighted by Crippen LogP contribution is 2.00. The normalized spacial score (nSPS) is 12.5. The Kier molecular flexibility index (Phi) is 8.24. The minimum atomic E-state index is 0.139. The first kappa shape index (κ1) is 12.8. The highest BCUT2D eigenvalue weighted by atomic mass is 32.2. The Hall–Kier alpha value is -0.220. The van der Waals surface area contributed by atoms with Crippen LogP contribution in [-0.2, 0) is 4.79 Å². The summed E-state index contributed by atoms with van der Waals surface area (Å²) >= 11 is 1.69. The highest BCUT2D eigenvalue weighted by Gasteiger charge is 2.02. The van der Waals surface area contributed by atoms with Gasteiger partial charge in [0.2, 0.25) is 5.91 Å². The van der Waals surface area contributed by atoms with E-state index in [1.54, 1.807) is 11.8 Å². The molecule has 0 bridgehead atoms. The molecule has 0 aliphatic heterocycles. The van der Waals surface area contributed by atoms with Crippen molar-refractivity contribution >= 4 is 17.7 Å². The van der Waals surface area contributed by atoms with Crippen molar-refractivity contribution in [2.45, 2.75) is 26.3 Å². The molecule has 1 amide bonds. The van der Waals surface area contributed by atoms with Gasteiger partial charge in [0.05, 0.1) is 5.75 Å². The van der Waals surface area contributed by atoms with E-state index in [9.17, 15) is 4.79 Å². The lowest BCUT2D eigenvalue weighted by Crippen LogP contribution is -2.37. The lowest BCUT2D eigenvalue weighted by Gasteiger charge is -2.10. The van der Waals surface area contributed by atoms with Gasteiger partial charge in [-0.3, -0.25) is 4.79 Å². The molecule has 0 rings (SSSR count). The SMILES string of the molecule is CCCSCC(=O)NCC(C)NC. The minimum absolute atomic E-state index is 0.139. The van der Waals surface area contributed by atoms with Crippen molar-refractivity contribution in [3.05, 3.63) is 0 Å². The van der Waals surface area contributed by atoms with Crippen LogP contribution in [0.1, 0.15) is 20.3 Å². The topological polar surface area (TPSA) is 41.1 Å². The fourth-order valence-electron chi connectivity index (χ4n) is 0.729. The first-order chi connectivity index (χ1) is 6.20. The summed E-state index contributed by atoms with van der Waals surface area (Å²) in [4.78, 5) is 11.2. The fourth-order valence-corrected chi connectivity index (χ4v) is 1.45. The van der Waals surface area contributed by atoms with E-state index < -0.39 is 0 Å². The van der Waals surface area contributed by atoms with Crippen molar-refractivity contribution in [1.29, 1.82) is 0 Å². The predicted octanol–water partition coefficient (Wildman–Crippen LogP) is 0.854. The van der Waals surface area contributed by atoms with E-state index in [0.717, 1.165) is 12.2 Å². The van der Waals surface area contributed by atoms with Crippen LogP contribution in [0, 0.1) is 0 Å². The van der Waals surface area contributed by atoms with Gasteiger partial charge in [0.1, 0.15) is 0 Å². The van der Waals surface area contributed by atoms with E-state index in [4.69, 9.17) is 0 Å². The van der Waals surface area contributed by atoms with Crippen LogP contribution in [-0.4, -0.2) is 37.0 Å². The number of amides is 1. The maximum Gasteiger partial charge on any atom is 0.230 e. The van der Waals surface area contributed by atoms with Crippen LogP contribution in [0.3, 0.4) is 0 Å². The summed E-state index contributed by atoms with van der Waals surface area (Å²) in [5.74, 6) is 1.79. The molecule has 0 spiro atoms. The number of nitrogens with one attached hydrogen (secondary N) is 2. The third-order valence-electron chi connectivity index (χ3n) is 1.68. The smallest absolute Gasteiger partial charge is 0.230 e. The number of likely N-dealkylation sites (N-methyl/N-ethyl adjacent to an activating group) is 1. The van der Waals surface area contributed by atoms with Gasteiger partial charge < -0.3 is 10.6 Å². The van der Waals surface area contributed by atoms with E-state index >= 15 is 0 Å². The summed E-state index contributed by atoms with van der Waals surface area (Å²) in [6, 6.07) is 0.347. The molecule has 0 aromatic heterocycles. The minimum Gasteiger partial charge on any atom is -0.354 e. The Bertz CT molecular complexity index is 142. The molecule has 2 N–H and O–H groups in total. The molecule has 0 aromatic rings. The Morgan fingerprint density at radius 3 is 2.77 bits per heavy atom. The van der Waals surface area contributed by atoms with Gasteiger partial charge in [-0.05, 0) is 26.1 Å². The molecule has 0 aliphatic carbocycles. The van der Waals surface area contributed by atoms with Gasteiger partial charge >= 0.3 is 0 Å². The van der Waals surface area contributed by atoms with Crippen molar-refractivity contribution < 1.29 is 4.79 Å². The molecule has 0 saturated carbocycles. The monoisotopic (exact) mass is 204 g/mol. The first-order valence-corrected chi connectivity index (χ1v) is 5.87. The first-order valence-electron chi connectivity index (χ1n) is 4.72. The molecule has 0 aliphatic rings. The van der Waals surface area contributed by atoms with E-state index in [1.807, 2.05) is 14.0 Å². The van der Waals surface area contributed by atoms with Gasteiger partial charge in [-0.15, -0.1) is 0 Å². The van der Waals surface area contributed by atoms with Gasteiger partial charge in [-0.1, -0.05) is 6.92 Å². The van der Waals surface area contributed by atoms with E-state index in [-0.39, 0.29) is 5.91 Å². The summed E-state index contributed by atoms with van der Waals surface area (Å²) in [6.07, 6.45) is 1.13. The molecule has 0 fully saturated rings. The zero-order valence-corrected chi connectivity index (χ0v) is 9.54. The number of carbonyl (C=O) groups is 1. The number of carbonyl (C=O) groups excluding carboxylic acids is 1. The molecule has 0 heterocycles. The standard InChI is InChI=1S/C9H20N2OS/c1-4-5-13-7-9(12)11-6-8(2)10-3/h8,10H,4-7H2,1-3H3,(H,11,12). The van der Waals surface area contributed by atoms with Crippen molar-refractivity contribution in [3.8, 4) is 0 Å². The second-order valence-corrected chi connectivity index (χ2v) is 4.15. The zero-order chi connectivity index (χ0) is 10.1. The predicted molar refractivity (Wildman–Crippen MR) is 59.1 cm³/mol. The average Bonchev–Trinajstić information content (AvgIpc) is 2.14. The summed E-state index contributed by atoms with van der Waals surface area (Å²) in [5.41, 5.74) is 0. The molecular weight excluding hydrogens is 184 g/mol. The lowest BCUT2D eigenvalue weighted by atomic mass is 10.3. The number of thioether (sulfide) groups is 1. The lowest BCUT2D eigenvalue weighted by molar-refractivity contribution is -0.118. The summed E-state index contributed by atoms with van der Waals surface area (Å²) in [5, 5.41) is 5.94. The third kappa shape index (κ3) is 8.12. The van der Waals surface area contributed by atoms with E-state index in [2.05, 4.69) is 17.6 Å². The van der Waals surface area contributed by atoms with Crippen LogP contribution in [0.25, 0.3) is 0 Å². The van der Waals surface area contributed by atoms with Crippen LogP contribution in [0.5, 0.6) is 0 Å². The molecule has 78 valence electrons. The van der Waals surface area contributed by atoms with Crippen LogP contribution in [0.15, 0.2) is 0 Å². The van der Waals surface area contributed by atoms with Gasteiger partial charge in [-0.2, -0.15) is 11.8 Å². The van der Waals surface area contributed by atoms with Crippen molar-refractivity contribution in [2.24, 2.45) is 0 Å². The number of hydrogen-bond acceptors (Lipinski definition) is 3. The molecule has 4 heteroatoms. The molecule has 13 heavy (non-hydrogen) atoms. The van der Waals surface area contributed by atoms with Crippen molar-refractivity contribution in [2.75, 3.05) is 25.1 Å². The van der Waals surface area contributed by atoms with Crippen LogP contribution in [0.4, 0.5) is 0 Å². The molecule has 1 atom stereocenters. The van der Waals surface area contributed by atoms with E-state index in [1.165, 1.54) is 0 Å². The number of hydrogen-bond donors (Lipinski definition) is 2. The summed E-state index contributed by atoms with van der Waals surface area (Å²) < 4.78 is 0. The molecule has 1 unspecified atom stereocenters. The molecule has 0 saturated heterocycles. The highest BCUT2D eigenvalue weighted by molar-refractivity contribution is 7.99. The fraction of sp³-hybridized carbons (Fsp3) is 0.889. The maximum absolute atomic E-state index is 11.2. The summed E-state index contributed by atoms with van der Waals surface area (Å²) in [6.45, 7) is 4.87. The Morgan fingerprint density at radius 2 is 2.23 bits per heavy atom. The third-order valence-corrected chi connectivity index (χ3v) is 2.84. The maximum atomic E-state index is 11.2. The van der Waals surface area contributed by atoms with Crippen LogP contribution < -0.4 is 10.6 Å². The number of rotatable bonds is 7. The van der Waals surface area contributed by atoms with Gasteiger partial charge in [0.15, 0.2) is 0 Å². The van der Waals surface area contributed by atoms with Crippen molar-refractivity contribution in [1.82, 2.24) is 10.6 Å². The summed E-state index contributed by atoms with van der Waals surface area (Å²) in [7, 11) is 1.89. The molecule has 0 aromatic carbocycles. The quantitative estimate of drug-likeness (QED) is 0.604. The second kappa shape index (κ2) is 8.38. The molecule has 3 nitrogen and oxygen atoms in total. The van der Waals surface area contributed by atoms with Crippen molar-refractivity contribution in [3.63, 3.8) is 0 Å². The van der Waals surface area contributed by atoms with Gasteiger partial charge in [0.25, 0.3) is 0 Å². The molecule has 0 radical (unpaired) electrons. The zero-order valence-electron chi connectivity index (χ0n) is 8.72.